The largest absolute Gasteiger partial charge is 0.392 e. The Morgan fingerprint density at radius 1 is 1.47 bits per heavy atom. The molecule has 1 fully saturated rings. The highest BCUT2D eigenvalue weighted by Gasteiger charge is 2.19. The van der Waals surface area contributed by atoms with E-state index in [1.807, 2.05) is 30.9 Å². The van der Waals surface area contributed by atoms with E-state index in [9.17, 15) is 9.90 Å². The number of aliphatic hydroxyl groups is 1. The van der Waals surface area contributed by atoms with E-state index in [4.69, 9.17) is 0 Å². The number of rotatable bonds is 3. The number of hydrogen-bond acceptors (Lipinski definition) is 3. The number of hydrogen-bond donors (Lipinski definition) is 2. The molecule has 0 unspecified atom stereocenters. The van der Waals surface area contributed by atoms with Gasteiger partial charge in [-0.3, -0.25) is 9.69 Å². The lowest BCUT2D eigenvalue weighted by Gasteiger charge is -2.29. The van der Waals surface area contributed by atoms with Crippen LogP contribution in [-0.4, -0.2) is 41.7 Å². The van der Waals surface area contributed by atoms with Crippen molar-refractivity contribution >= 4 is 11.6 Å². The minimum absolute atomic E-state index is 0.0129. The molecule has 0 aromatic heterocycles. The van der Waals surface area contributed by atoms with Crippen molar-refractivity contribution in [1.82, 2.24) is 4.90 Å². The molecule has 19 heavy (non-hydrogen) atoms. The Morgan fingerprint density at radius 3 is 2.95 bits per heavy atom. The third-order valence-corrected chi connectivity index (χ3v) is 3.50. The minimum atomic E-state index is -0.289. The molecule has 4 nitrogen and oxygen atoms in total. The molecule has 1 amide bonds. The molecule has 4 heteroatoms. The summed E-state index contributed by atoms with van der Waals surface area (Å²) in [5, 5.41) is 12.5. The fourth-order valence-corrected chi connectivity index (χ4v) is 2.52. The summed E-state index contributed by atoms with van der Waals surface area (Å²) in [7, 11) is 0. The van der Waals surface area contributed by atoms with E-state index in [1.54, 1.807) is 0 Å². The highest BCUT2D eigenvalue weighted by Crippen LogP contribution is 2.16. The average molecular weight is 262 g/mol. The lowest BCUT2D eigenvalue weighted by Crippen LogP contribution is -2.42. The van der Waals surface area contributed by atoms with Crippen LogP contribution in [0.3, 0.4) is 0 Å². The maximum absolute atomic E-state index is 12.0. The van der Waals surface area contributed by atoms with Crippen molar-refractivity contribution in [2.45, 2.75) is 32.8 Å². The number of carbonyl (C=O) groups excluding carboxylic acids is 1. The Balaban J connectivity index is 1.90. The molecule has 1 aliphatic rings. The van der Waals surface area contributed by atoms with Gasteiger partial charge in [0.1, 0.15) is 0 Å². The van der Waals surface area contributed by atoms with Gasteiger partial charge < -0.3 is 10.4 Å². The van der Waals surface area contributed by atoms with E-state index in [0.29, 0.717) is 13.1 Å². The number of piperidine rings is 1. The van der Waals surface area contributed by atoms with E-state index in [1.165, 1.54) is 5.56 Å². The van der Waals surface area contributed by atoms with Crippen LogP contribution in [0.4, 0.5) is 5.69 Å². The van der Waals surface area contributed by atoms with Gasteiger partial charge in [-0.1, -0.05) is 17.7 Å². The molecule has 1 heterocycles. The third kappa shape index (κ3) is 4.04. The van der Waals surface area contributed by atoms with Crippen molar-refractivity contribution in [3.05, 3.63) is 29.3 Å². The van der Waals surface area contributed by atoms with E-state index in [2.05, 4.69) is 11.4 Å². The Morgan fingerprint density at radius 2 is 2.26 bits per heavy atom. The van der Waals surface area contributed by atoms with Crippen LogP contribution in [0.15, 0.2) is 18.2 Å². The van der Waals surface area contributed by atoms with Gasteiger partial charge in [0.05, 0.1) is 12.6 Å². The molecule has 1 atom stereocenters. The lowest BCUT2D eigenvalue weighted by atomic mass is 10.1. The zero-order chi connectivity index (χ0) is 13.8. The second-order valence-corrected chi connectivity index (χ2v) is 5.40. The van der Waals surface area contributed by atoms with Crippen LogP contribution in [0.5, 0.6) is 0 Å². The summed E-state index contributed by atoms with van der Waals surface area (Å²) in [6, 6.07) is 5.99. The molecule has 2 rings (SSSR count). The molecule has 1 aromatic rings. The number of benzene rings is 1. The number of nitrogens with zero attached hydrogens (tertiary/aromatic N) is 1. The van der Waals surface area contributed by atoms with Crippen molar-refractivity contribution in [2.75, 3.05) is 25.0 Å². The topological polar surface area (TPSA) is 52.6 Å². The lowest BCUT2D eigenvalue weighted by molar-refractivity contribution is -0.118. The van der Waals surface area contributed by atoms with Crippen LogP contribution in [0.2, 0.25) is 0 Å². The molecule has 0 radical (unpaired) electrons. The van der Waals surface area contributed by atoms with Crippen molar-refractivity contribution in [3.63, 3.8) is 0 Å². The van der Waals surface area contributed by atoms with Gasteiger partial charge in [0, 0.05) is 12.2 Å². The van der Waals surface area contributed by atoms with Crippen LogP contribution in [0.1, 0.15) is 24.0 Å². The van der Waals surface area contributed by atoms with Gasteiger partial charge in [0.25, 0.3) is 0 Å². The first kappa shape index (κ1) is 14.0. The average Bonchev–Trinajstić information content (AvgIpc) is 2.33. The first-order valence-electron chi connectivity index (χ1n) is 6.82. The van der Waals surface area contributed by atoms with E-state index >= 15 is 0 Å². The van der Waals surface area contributed by atoms with Crippen LogP contribution in [0, 0.1) is 13.8 Å². The van der Waals surface area contributed by atoms with Crippen molar-refractivity contribution in [2.24, 2.45) is 0 Å². The summed E-state index contributed by atoms with van der Waals surface area (Å²) in [6.45, 7) is 5.86. The van der Waals surface area contributed by atoms with Crippen molar-refractivity contribution < 1.29 is 9.90 Å². The van der Waals surface area contributed by atoms with Crippen LogP contribution in [0.25, 0.3) is 0 Å². The van der Waals surface area contributed by atoms with Gasteiger partial charge in [-0.25, -0.2) is 0 Å². The van der Waals surface area contributed by atoms with Crippen molar-refractivity contribution in [1.29, 1.82) is 0 Å². The van der Waals surface area contributed by atoms with Crippen molar-refractivity contribution in [3.8, 4) is 0 Å². The number of β-amino-alcohol motifs (C(OH)–C–C–N with tert-alkyl or cyclic N) is 1. The molecule has 1 aliphatic heterocycles. The van der Waals surface area contributed by atoms with E-state index in [-0.39, 0.29) is 12.0 Å². The number of anilines is 1. The van der Waals surface area contributed by atoms with E-state index < -0.39 is 0 Å². The van der Waals surface area contributed by atoms with Gasteiger partial charge in [-0.05, 0) is 44.9 Å². The van der Waals surface area contributed by atoms with Gasteiger partial charge in [-0.15, -0.1) is 0 Å². The molecular weight excluding hydrogens is 240 g/mol. The molecule has 0 spiro atoms. The van der Waals surface area contributed by atoms with E-state index in [0.717, 1.165) is 30.6 Å². The maximum Gasteiger partial charge on any atom is 0.238 e. The maximum atomic E-state index is 12.0. The quantitative estimate of drug-likeness (QED) is 0.871. The summed E-state index contributed by atoms with van der Waals surface area (Å²) in [5.41, 5.74) is 3.13. The smallest absolute Gasteiger partial charge is 0.238 e. The minimum Gasteiger partial charge on any atom is -0.392 e. The number of nitrogens with one attached hydrogen (secondary N) is 1. The second kappa shape index (κ2) is 6.17. The number of likely N-dealkylation sites (tertiary alicyclic amines) is 1. The fourth-order valence-electron chi connectivity index (χ4n) is 2.52. The summed E-state index contributed by atoms with van der Waals surface area (Å²) in [4.78, 5) is 14.0. The van der Waals surface area contributed by atoms with Gasteiger partial charge in [-0.2, -0.15) is 0 Å². The van der Waals surface area contributed by atoms with Crippen LogP contribution < -0.4 is 5.32 Å². The molecule has 0 bridgehead atoms. The van der Waals surface area contributed by atoms with Gasteiger partial charge in [0.2, 0.25) is 5.91 Å². The third-order valence-electron chi connectivity index (χ3n) is 3.50. The summed E-state index contributed by atoms with van der Waals surface area (Å²) in [5.74, 6) is -0.0129. The Bertz CT molecular complexity index is 459. The standard InChI is InChI=1S/C15H22N2O2/c1-11-5-6-14(12(2)8-11)16-15(19)10-17-7-3-4-13(18)9-17/h5-6,8,13,18H,3-4,7,9-10H2,1-2H3,(H,16,19)/t13-/m0/s1. The predicted molar refractivity (Wildman–Crippen MR) is 76.2 cm³/mol. The number of aryl methyl sites for hydroxylation is 2. The Hall–Kier alpha value is -1.39. The van der Waals surface area contributed by atoms with Gasteiger partial charge in [0.15, 0.2) is 0 Å². The summed E-state index contributed by atoms with van der Waals surface area (Å²) >= 11 is 0. The SMILES string of the molecule is Cc1ccc(NC(=O)CN2CCC[C@H](O)C2)c(C)c1. The number of carbonyl (C=O) groups is 1. The monoisotopic (exact) mass is 262 g/mol. The van der Waals surface area contributed by atoms with Crippen LogP contribution in [-0.2, 0) is 4.79 Å². The molecule has 0 saturated carbocycles. The molecule has 0 aliphatic carbocycles. The first-order valence-corrected chi connectivity index (χ1v) is 6.82. The summed E-state index contributed by atoms with van der Waals surface area (Å²) in [6.07, 6.45) is 1.51. The second-order valence-electron chi connectivity index (χ2n) is 5.40. The molecule has 1 aromatic carbocycles. The van der Waals surface area contributed by atoms with Crippen LogP contribution >= 0.6 is 0 Å². The fraction of sp³-hybridized carbons (Fsp3) is 0.533. The summed E-state index contributed by atoms with van der Waals surface area (Å²) < 4.78 is 0. The Labute approximate surface area is 114 Å². The normalized spacial score (nSPS) is 20.3. The molecule has 1 saturated heterocycles. The molecular formula is C15H22N2O2. The van der Waals surface area contributed by atoms with Gasteiger partial charge >= 0.3 is 0 Å². The zero-order valence-corrected chi connectivity index (χ0v) is 11.6. The molecule has 104 valence electrons. The predicted octanol–water partition coefficient (Wildman–Crippen LogP) is 1.70. The highest BCUT2D eigenvalue weighted by atomic mass is 16.3. The first-order chi connectivity index (χ1) is 9.04. The number of amides is 1. The zero-order valence-electron chi connectivity index (χ0n) is 11.6. The highest BCUT2D eigenvalue weighted by molar-refractivity contribution is 5.93. The Kier molecular flexibility index (Phi) is 4.56. The number of aliphatic hydroxyl groups excluding tert-OH is 1. The molecule has 2 N–H and O–H groups in total.